The van der Waals surface area contributed by atoms with Crippen molar-refractivity contribution in [3.63, 3.8) is 0 Å². The second-order valence-electron chi connectivity index (χ2n) is 3.81. The fourth-order valence-corrected chi connectivity index (χ4v) is 0.782. The molecule has 1 unspecified atom stereocenters. The van der Waals surface area contributed by atoms with E-state index in [2.05, 4.69) is 0 Å². The highest BCUT2D eigenvalue weighted by molar-refractivity contribution is 5.45. The molecule has 4 N–H and O–H groups in total. The number of hydrogen-bond donors (Lipinski definition) is 2. The van der Waals surface area contributed by atoms with Gasteiger partial charge in [0.05, 0.1) is 5.60 Å². The van der Waals surface area contributed by atoms with Crippen LogP contribution in [0.15, 0.2) is 0 Å². The van der Waals surface area contributed by atoms with E-state index in [1.807, 2.05) is 20.8 Å². The van der Waals surface area contributed by atoms with E-state index < -0.39 is 11.8 Å². The summed E-state index contributed by atoms with van der Waals surface area (Å²) in [7, 11) is 0. The van der Waals surface area contributed by atoms with Gasteiger partial charge in [0.2, 0.25) is 6.41 Å². The van der Waals surface area contributed by atoms with Crippen LogP contribution in [0.25, 0.3) is 0 Å². The van der Waals surface area contributed by atoms with Gasteiger partial charge in [-0.1, -0.05) is 0 Å². The first kappa shape index (κ1) is 12.3. The fraction of sp³-hybridized carbons (Fsp3) is 0.875. The smallest absolute Gasteiger partial charge is 0.234 e. The summed E-state index contributed by atoms with van der Waals surface area (Å²) in [6.07, 6.45) is 0.627. The van der Waals surface area contributed by atoms with Gasteiger partial charge in [-0.3, -0.25) is 9.63 Å². The van der Waals surface area contributed by atoms with E-state index in [0.29, 0.717) is 19.4 Å². The Morgan fingerprint density at radius 3 is 2.38 bits per heavy atom. The standard InChI is InChI=1S/C8H19N3O2/c1-8(2,3)13-11(6-12)7(10)4-5-9/h6-7H,4-5,9-10H2,1-3H3. The summed E-state index contributed by atoms with van der Waals surface area (Å²) in [4.78, 5) is 15.9. The predicted molar refractivity (Wildman–Crippen MR) is 50.4 cm³/mol. The zero-order chi connectivity index (χ0) is 10.5. The maximum atomic E-state index is 10.6. The lowest BCUT2D eigenvalue weighted by Crippen LogP contribution is -2.46. The van der Waals surface area contributed by atoms with Crippen molar-refractivity contribution in [2.45, 2.75) is 39.0 Å². The number of hydroxylamine groups is 2. The highest BCUT2D eigenvalue weighted by Gasteiger charge is 2.20. The first-order chi connectivity index (χ1) is 5.90. The molecule has 0 aromatic carbocycles. The first-order valence-electron chi connectivity index (χ1n) is 4.29. The molecule has 0 spiro atoms. The Hall–Kier alpha value is -0.650. The van der Waals surface area contributed by atoms with Crippen molar-refractivity contribution in [2.24, 2.45) is 11.5 Å². The van der Waals surface area contributed by atoms with E-state index in [1.54, 1.807) is 0 Å². The van der Waals surface area contributed by atoms with E-state index in [-0.39, 0.29) is 0 Å². The minimum atomic E-state index is -0.471. The van der Waals surface area contributed by atoms with Gasteiger partial charge in [-0.05, 0) is 33.7 Å². The van der Waals surface area contributed by atoms with E-state index in [4.69, 9.17) is 16.3 Å². The number of hydrogen-bond acceptors (Lipinski definition) is 4. The molecule has 5 nitrogen and oxygen atoms in total. The monoisotopic (exact) mass is 189 g/mol. The summed E-state index contributed by atoms with van der Waals surface area (Å²) in [5, 5.41) is 1.10. The van der Waals surface area contributed by atoms with Crippen LogP contribution in [0, 0.1) is 0 Å². The lowest BCUT2D eigenvalue weighted by molar-refractivity contribution is -0.232. The Bertz CT molecular complexity index is 156. The molecule has 0 heterocycles. The highest BCUT2D eigenvalue weighted by atomic mass is 16.7. The molecule has 1 amide bonds. The van der Waals surface area contributed by atoms with Crippen molar-refractivity contribution in [3.8, 4) is 0 Å². The third-order valence-corrected chi connectivity index (χ3v) is 1.27. The van der Waals surface area contributed by atoms with Crippen LogP contribution < -0.4 is 11.5 Å². The molecule has 0 aliphatic heterocycles. The molecule has 0 aromatic rings. The van der Waals surface area contributed by atoms with Crippen molar-refractivity contribution in [3.05, 3.63) is 0 Å². The largest absolute Gasteiger partial charge is 0.330 e. The summed E-state index contributed by atoms with van der Waals surface area (Å²) >= 11 is 0. The zero-order valence-electron chi connectivity index (χ0n) is 8.49. The van der Waals surface area contributed by atoms with Crippen molar-refractivity contribution in [1.82, 2.24) is 5.06 Å². The van der Waals surface area contributed by atoms with Gasteiger partial charge in [0.15, 0.2) is 0 Å². The normalized spacial score (nSPS) is 13.9. The molecule has 0 radical (unpaired) electrons. The molecule has 0 saturated carbocycles. The molecule has 0 aliphatic carbocycles. The Morgan fingerprint density at radius 1 is 1.54 bits per heavy atom. The third kappa shape index (κ3) is 5.57. The van der Waals surface area contributed by atoms with Crippen molar-refractivity contribution in [2.75, 3.05) is 6.54 Å². The fourth-order valence-electron chi connectivity index (χ4n) is 0.782. The average molecular weight is 189 g/mol. The number of rotatable bonds is 5. The second kappa shape index (κ2) is 5.16. The molecule has 1 atom stereocenters. The van der Waals surface area contributed by atoms with Crippen LogP contribution in [0.5, 0.6) is 0 Å². The average Bonchev–Trinajstić information content (AvgIpc) is 1.99. The Kier molecular flexibility index (Phi) is 4.90. The summed E-state index contributed by atoms with van der Waals surface area (Å²) in [6.45, 7) is 5.97. The molecule has 13 heavy (non-hydrogen) atoms. The molecule has 0 fully saturated rings. The number of nitrogens with zero attached hydrogens (tertiary/aromatic N) is 1. The maximum absolute atomic E-state index is 10.6. The minimum Gasteiger partial charge on any atom is -0.330 e. The van der Waals surface area contributed by atoms with E-state index in [9.17, 15) is 4.79 Å². The van der Waals surface area contributed by atoms with Crippen LogP contribution in [0.3, 0.4) is 0 Å². The molecular formula is C8H19N3O2. The van der Waals surface area contributed by atoms with Crippen molar-refractivity contribution >= 4 is 6.41 Å². The van der Waals surface area contributed by atoms with Gasteiger partial charge in [0.1, 0.15) is 6.17 Å². The SMILES string of the molecule is CC(C)(C)ON(C=O)C(N)CCN. The molecule has 0 aromatic heterocycles. The topological polar surface area (TPSA) is 81.6 Å². The van der Waals surface area contributed by atoms with Gasteiger partial charge in [0.25, 0.3) is 0 Å². The van der Waals surface area contributed by atoms with Gasteiger partial charge in [-0.15, -0.1) is 0 Å². The van der Waals surface area contributed by atoms with E-state index in [0.717, 1.165) is 5.06 Å². The molecule has 0 aliphatic rings. The number of carbonyl (C=O) groups excluding carboxylic acids is 1. The van der Waals surface area contributed by atoms with Crippen LogP contribution in [0.4, 0.5) is 0 Å². The maximum Gasteiger partial charge on any atom is 0.234 e. The van der Waals surface area contributed by atoms with Gasteiger partial charge < -0.3 is 11.5 Å². The van der Waals surface area contributed by atoms with Gasteiger partial charge in [-0.25, -0.2) is 5.06 Å². The van der Waals surface area contributed by atoms with Crippen LogP contribution >= 0.6 is 0 Å². The van der Waals surface area contributed by atoms with Crippen LogP contribution in [0.2, 0.25) is 0 Å². The first-order valence-corrected chi connectivity index (χ1v) is 4.29. The summed E-state index contributed by atoms with van der Waals surface area (Å²) in [5.74, 6) is 0. The van der Waals surface area contributed by atoms with E-state index >= 15 is 0 Å². The number of carbonyl (C=O) groups is 1. The lowest BCUT2D eigenvalue weighted by Gasteiger charge is -2.30. The van der Waals surface area contributed by atoms with Gasteiger partial charge in [0, 0.05) is 0 Å². The summed E-state index contributed by atoms with van der Waals surface area (Å²) in [5.41, 5.74) is 10.5. The molecule has 78 valence electrons. The molecule has 0 saturated heterocycles. The Morgan fingerprint density at radius 2 is 2.08 bits per heavy atom. The van der Waals surface area contributed by atoms with Gasteiger partial charge in [-0.2, -0.15) is 0 Å². The summed E-state index contributed by atoms with van der Waals surface area (Å²) < 4.78 is 0. The predicted octanol–water partition coefficient (Wildman–Crippen LogP) is -0.191. The van der Waals surface area contributed by atoms with Crippen LogP contribution in [-0.2, 0) is 9.63 Å². The molecule has 0 rings (SSSR count). The van der Waals surface area contributed by atoms with Crippen LogP contribution in [0.1, 0.15) is 27.2 Å². The minimum absolute atomic E-state index is 0.423. The molecule has 0 bridgehead atoms. The second-order valence-corrected chi connectivity index (χ2v) is 3.81. The summed E-state index contributed by atoms with van der Waals surface area (Å²) in [6, 6.07) is 0. The van der Waals surface area contributed by atoms with Crippen molar-refractivity contribution in [1.29, 1.82) is 0 Å². The van der Waals surface area contributed by atoms with E-state index in [1.165, 1.54) is 0 Å². The highest BCUT2D eigenvalue weighted by Crippen LogP contribution is 2.10. The lowest BCUT2D eigenvalue weighted by atomic mass is 10.2. The van der Waals surface area contributed by atoms with Crippen molar-refractivity contribution < 1.29 is 9.63 Å². The molecule has 5 heteroatoms. The molecular weight excluding hydrogens is 170 g/mol. The number of amides is 1. The Labute approximate surface area is 79.0 Å². The van der Waals surface area contributed by atoms with Gasteiger partial charge >= 0.3 is 0 Å². The quantitative estimate of drug-likeness (QED) is 0.357. The third-order valence-electron chi connectivity index (χ3n) is 1.27. The van der Waals surface area contributed by atoms with Crippen LogP contribution in [-0.4, -0.2) is 29.8 Å². The number of nitrogens with two attached hydrogens (primary N) is 2. The zero-order valence-corrected chi connectivity index (χ0v) is 8.49. The Balaban J connectivity index is 4.09.